The van der Waals surface area contributed by atoms with Gasteiger partial charge in [0.1, 0.15) is 0 Å². The van der Waals surface area contributed by atoms with E-state index in [1.54, 1.807) is 0 Å². The maximum absolute atomic E-state index is 11.4. The molecule has 104 valence electrons. The van der Waals surface area contributed by atoms with Crippen LogP contribution in [-0.2, 0) is 30.7 Å². The fourth-order valence-electron chi connectivity index (χ4n) is 2.29. The third-order valence-electron chi connectivity index (χ3n) is 3.31. The Morgan fingerprint density at radius 1 is 1.11 bits per heavy atom. The summed E-state index contributed by atoms with van der Waals surface area (Å²) in [6.45, 7) is 3.33. The molecule has 0 fully saturated rings. The van der Waals surface area contributed by atoms with Gasteiger partial charge < -0.3 is 10.2 Å². The summed E-state index contributed by atoms with van der Waals surface area (Å²) in [6, 6.07) is 9.22. The SMILES string of the molecule is CCC(c1ccccc1)C(C(=O)O)C(C)C(=O)O.[W]. The Morgan fingerprint density at radius 3 is 2.00 bits per heavy atom. The average Bonchev–Trinajstić information content (AvgIpc) is 2.35. The van der Waals surface area contributed by atoms with Gasteiger partial charge in [0.15, 0.2) is 0 Å². The Labute approximate surface area is 127 Å². The Bertz CT molecular complexity index is 419. The predicted octanol–water partition coefficient (Wildman–Crippen LogP) is 2.60. The zero-order chi connectivity index (χ0) is 13.7. The molecule has 0 saturated carbocycles. The molecule has 0 aromatic heterocycles. The van der Waals surface area contributed by atoms with Gasteiger partial charge in [-0.2, -0.15) is 0 Å². The molecule has 2 N–H and O–H groups in total. The van der Waals surface area contributed by atoms with Crippen molar-refractivity contribution >= 4 is 11.9 Å². The molecular formula is C14H18O4W. The molecule has 19 heavy (non-hydrogen) atoms. The van der Waals surface area contributed by atoms with E-state index in [9.17, 15) is 14.7 Å². The van der Waals surface area contributed by atoms with E-state index in [-0.39, 0.29) is 27.0 Å². The van der Waals surface area contributed by atoms with Gasteiger partial charge in [0, 0.05) is 21.1 Å². The van der Waals surface area contributed by atoms with Crippen molar-refractivity contribution in [2.24, 2.45) is 11.8 Å². The van der Waals surface area contributed by atoms with Crippen LogP contribution in [0.2, 0.25) is 0 Å². The molecule has 4 nitrogen and oxygen atoms in total. The Hall–Kier alpha value is -1.15. The summed E-state index contributed by atoms with van der Waals surface area (Å²) in [4.78, 5) is 22.4. The molecule has 3 unspecified atom stereocenters. The second kappa shape index (κ2) is 8.11. The van der Waals surface area contributed by atoms with E-state index in [1.165, 1.54) is 6.92 Å². The van der Waals surface area contributed by atoms with Crippen LogP contribution >= 0.6 is 0 Å². The largest absolute Gasteiger partial charge is 0.481 e. The molecule has 0 radical (unpaired) electrons. The molecule has 0 aliphatic carbocycles. The zero-order valence-corrected chi connectivity index (χ0v) is 13.9. The summed E-state index contributed by atoms with van der Waals surface area (Å²) in [7, 11) is 0. The molecule has 0 heterocycles. The second-order valence-corrected chi connectivity index (χ2v) is 4.42. The Morgan fingerprint density at radius 2 is 1.63 bits per heavy atom. The second-order valence-electron chi connectivity index (χ2n) is 4.42. The molecule has 0 amide bonds. The number of rotatable bonds is 6. The third kappa shape index (κ3) is 4.46. The van der Waals surface area contributed by atoms with E-state index in [2.05, 4.69) is 0 Å². The number of carboxylic acid groups (broad SMARTS) is 2. The summed E-state index contributed by atoms with van der Waals surface area (Å²) >= 11 is 0. The summed E-state index contributed by atoms with van der Waals surface area (Å²) < 4.78 is 0. The van der Waals surface area contributed by atoms with Gasteiger partial charge in [0.05, 0.1) is 11.8 Å². The molecule has 1 aromatic rings. The van der Waals surface area contributed by atoms with Gasteiger partial charge in [0.25, 0.3) is 0 Å². The van der Waals surface area contributed by atoms with Crippen LogP contribution in [0.3, 0.4) is 0 Å². The van der Waals surface area contributed by atoms with Crippen LogP contribution in [0, 0.1) is 11.8 Å². The predicted molar refractivity (Wildman–Crippen MR) is 67.4 cm³/mol. The van der Waals surface area contributed by atoms with Crippen LogP contribution < -0.4 is 0 Å². The van der Waals surface area contributed by atoms with E-state index < -0.39 is 23.8 Å². The van der Waals surface area contributed by atoms with Crippen LogP contribution in [-0.4, -0.2) is 22.2 Å². The standard InChI is InChI=1S/C14H18O4.W/c1-3-11(10-7-5-4-6-8-10)12(14(17)18)9(2)13(15)16;/h4-9,11-12H,3H2,1-2H3,(H,15,16)(H,17,18);. The van der Waals surface area contributed by atoms with E-state index in [0.717, 1.165) is 5.56 Å². The minimum Gasteiger partial charge on any atom is -0.481 e. The summed E-state index contributed by atoms with van der Waals surface area (Å²) in [5, 5.41) is 18.3. The summed E-state index contributed by atoms with van der Waals surface area (Å²) in [6.07, 6.45) is 0.596. The Balaban J connectivity index is 0.00000324. The van der Waals surface area contributed by atoms with Gasteiger partial charge in [0.2, 0.25) is 0 Å². The van der Waals surface area contributed by atoms with Crippen molar-refractivity contribution in [2.75, 3.05) is 0 Å². The first kappa shape index (κ1) is 17.8. The first-order chi connectivity index (χ1) is 8.49. The van der Waals surface area contributed by atoms with Crippen LogP contribution in [0.15, 0.2) is 30.3 Å². The topological polar surface area (TPSA) is 74.6 Å². The quantitative estimate of drug-likeness (QED) is 0.722. The first-order valence-corrected chi connectivity index (χ1v) is 5.99. The number of hydrogen-bond donors (Lipinski definition) is 2. The van der Waals surface area contributed by atoms with Crippen LogP contribution in [0.5, 0.6) is 0 Å². The minimum absolute atomic E-state index is 0. The maximum atomic E-state index is 11.4. The van der Waals surface area contributed by atoms with Crippen molar-refractivity contribution in [3.05, 3.63) is 35.9 Å². The van der Waals surface area contributed by atoms with E-state index in [4.69, 9.17) is 5.11 Å². The molecule has 3 atom stereocenters. The Kier molecular flexibility index (Phi) is 7.61. The molecule has 0 bridgehead atoms. The van der Waals surface area contributed by atoms with E-state index in [0.29, 0.717) is 6.42 Å². The number of benzene rings is 1. The molecule has 1 aromatic carbocycles. The molecule has 0 aliphatic heterocycles. The minimum atomic E-state index is -1.07. The molecule has 1 rings (SSSR count). The third-order valence-corrected chi connectivity index (χ3v) is 3.31. The van der Waals surface area contributed by atoms with Gasteiger partial charge in [-0.3, -0.25) is 9.59 Å². The van der Waals surface area contributed by atoms with E-state index in [1.807, 2.05) is 37.3 Å². The molecule has 5 heteroatoms. The average molecular weight is 434 g/mol. The number of aliphatic carboxylic acids is 2. The number of carboxylic acids is 2. The molecule has 0 aliphatic rings. The smallest absolute Gasteiger partial charge is 0.307 e. The van der Waals surface area contributed by atoms with Gasteiger partial charge in [-0.25, -0.2) is 0 Å². The van der Waals surface area contributed by atoms with Crippen molar-refractivity contribution in [1.82, 2.24) is 0 Å². The summed E-state index contributed by atoms with van der Waals surface area (Å²) in [5.74, 6) is -4.23. The number of carbonyl (C=O) groups is 2. The van der Waals surface area contributed by atoms with Crippen LogP contribution in [0.25, 0.3) is 0 Å². The molecule has 0 spiro atoms. The zero-order valence-electron chi connectivity index (χ0n) is 10.9. The van der Waals surface area contributed by atoms with Crippen LogP contribution in [0.4, 0.5) is 0 Å². The summed E-state index contributed by atoms with van der Waals surface area (Å²) in [5.41, 5.74) is 0.875. The molecule has 0 saturated heterocycles. The van der Waals surface area contributed by atoms with Crippen molar-refractivity contribution in [1.29, 1.82) is 0 Å². The van der Waals surface area contributed by atoms with Gasteiger partial charge in [-0.1, -0.05) is 44.2 Å². The normalized spacial score (nSPS) is 14.8. The van der Waals surface area contributed by atoms with E-state index >= 15 is 0 Å². The fraction of sp³-hybridized carbons (Fsp3) is 0.429. The van der Waals surface area contributed by atoms with Crippen molar-refractivity contribution in [3.63, 3.8) is 0 Å². The fourth-order valence-corrected chi connectivity index (χ4v) is 2.29. The van der Waals surface area contributed by atoms with Gasteiger partial charge in [-0.05, 0) is 17.9 Å². The van der Waals surface area contributed by atoms with Gasteiger partial charge in [-0.15, -0.1) is 0 Å². The molecular weight excluding hydrogens is 416 g/mol. The number of hydrogen-bond acceptors (Lipinski definition) is 2. The van der Waals surface area contributed by atoms with Crippen molar-refractivity contribution in [2.45, 2.75) is 26.2 Å². The van der Waals surface area contributed by atoms with Gasteiger partial charge >= 0.3 is 11.9 Å². The van der Waals surface area contributed by atoms with Crippen molar-refractivity contribution in [3.8, 4) is 0 Å². The first-order valence-electron chi connectivity index (χ1n) is 5.99. The van der Waals surface area contributed by atoms with Crippen LogP contribution in [0.1, 0.15) is 31.7 Å². The van der Waals surface area contributed by atoms with Crippen molar-refractivity contribution < 1.29 is 40.9 Å². The maximum Gasteiger partial charge on any atom is 0.307 e. The monoisotopic (exact) mass is 434 g/mol.